The highest BCUT2D eigenvalue weighted by atomic mass is 16.5. The zero-order valence-electron chi connectivity index (χ0n) is 14.2. The van der Waals surface area contributed by atoms with Crippen LogP contribution in [0.15, 0.2) is 0 Å². The zero-order chi connectivity index (χ0) is 15.8. The van der Waals surface area contributed by atoms with E-state index in [9.17, 15) is 9.90 Å². The molecule has 0 heterocycles. The van der Waals surface area contributed by atoms with Crippen molar-refractivity contribution >= 4 is 5.97 Å². The van der Waals surface area contributed by atoms with Crippen molar-refractivity contribution in [3.63, 3.8) is 0 Å². The number of ether oxygens (including phenoxy) is 1. The fraction of sp³-hybridized carbons (Fsp3) is 0.944. The lowest BCUT2D eigenvalue weighted by Gasteiger charge is -2.10. The number of aliphatic hydroxyl groups is 1. The first-order valence-electron chi connectivity index (χ1n) is 9.07. The molecule has 0 bridgehead atoms. The first-order chi connectivity index (χ1) is 10.2. The van der Waals surface area contributed by atoms with Gasteiger partial charge in [-0.05, 0) is 12.8 Å². The van der Waals surface area contributed by atoms with Gasteiger partial charge < -0.3 is 9.84 Å². The summed E-state index contributed by atoms with van der Waals surface area (Å²) in [6.45, 7) is 4.73. The first kappa shape index (κ1) is 20.4. The van der Waals surface area contributed by atoms with E-state index in [-0.39, 0.29) is 0 Å². The summed E-state index contributed by atoms with van der Waals surface area (Å²) in [6.07, 6.45) is 14.1. The molecule has 0 aromatic heterocycles. The summed E-state index contributed by atoms with van der Waals surface area (Å²) < 4.78 is 5.00. The molecule has 0 saturated carbocycles. The third kappa shape index (κ3) is 14.1. The Bertz CT molecular complexity index is 229. The van der Waals surface area contributed by atoms with E-state index >= 15 is 0 Å². The standard InChI is InChI=1S/C18H36O3/c1-3-5-7-8-9-10-11-12-13-14-15-17(19)18(20)21-16-6-4-2/h17,19H,3-16H2,1-2H3/t17-/m1/s1. The third-order valence-corrected chi connectivity index (χ3v) is 3.85. The van der Waals surface area contributed by atoms with Gasteiger partial charge in [-0.1, -0.05) is 84.5 Å². The van der Waals surface area contributed by atoms with Gasteiger partial charge in [0.25, 0.3) is 0 Å². The van der Waals surface area contributed by atoms with Gasteiger partial charge in [0.2, 0.25) is 0 Å². The van der Waals surface area contributed by atoms with Crippen LogP contribution in [0.5, 0.6) is 0 Å². The molecule has 0 aliphatic heterocycles. The second kappa shape index (κ2) is 15.8. The van der Waals surface area contributed by atoms with Gasteiger partial charge in [0.15, 0.2) is 6.10 Å². The number of unbranched alkanes of at least 4 members (excludes halogenated alkanes) is 10. The molecule has 0 amide bonds. The van der Waals surface area contributed by atoms with Crippen molar-refractivity contribution in [2.45, 2.75) is 103 Å². The van der Waals surface area contributed by atoms with Gasteiger partial charge in [-0.2, -0.15) is 0 Å². The first-order valence-corrected chi connectivity index (χ1v) is 9.07. The van der Waals surface area contributed by atoms with Crippen molar-refractivity contribution in [3.8, 4) is 0 Å². The molecule has 126 valence electrons. The average molecular weight is 300 g/mol. The number of carbonyl (C=O) groups excluding carboxylic acids is 1. The molecule has 21 heavy (non-hydrogen) atoms. The van der Waals surface area contributed by atoms with Crippen LogP contribution in [-0.2, 0) is 9.53 Å². The Balaban J connectivity index is 3.28. The van der Waals surface area contributed by atoms with Crippen LogP contribution in [0.1, 0.15) is 97.3 Å². The Hall–Kier alpha value is -0.570. The lowest BCUT2D eigenvalue weighted by molar-refractivity contribution is -0.154. The van der Waals surface area contributed by atoms with E-state index in [0.29, 0.717) is 13.0 Å². The fourth-order valence-corrected chi connectivity index (χ4v) is 2.36. The topological polar surface area (TPSA) is 46.5 Å². The number of rotatable bonds is 15. The van der Waals surface area contributed by atoms with Gasteiger partial charge in [0.05, 0.1) is 6.61 Å². The molecule has 1 atom stereocenters. The van der Waals surface area contributed by atoms with Gasteiger partial charge in [-0.25, -0.2) is 4.79 Å². The summed E-state index contributed by atoms with van der Waals surface area (Å²) >= 11 is 0. The third-order valence-electron chi connectivity index (χ3n) is 3.85. The summed E-state index contributed by atoms with van der Waals surface area (Å²) in [7, 11) is 0. The minimum atomic E-state index is -0.920. The number of carbonyl (C=O) groups is 1. The van der Waals surface area contributed by atoms with Crippen LogP contribution < -0.4 is 0 Å². The smallest absolute Gasteiger partial charge is 0.334 e. The van der Waals surface area contributed by atoms with E-state index in [2.05, 4.69) is 6.92 Å². The Labute approximate surface area is 131 Å². The van der Waals surface area contributed by atoms with E-state index in [1.54, 1.807) is 0 Å². The van der Waals surface area contributed by atoms with E-state index in [0.717, 1.165) is 25.7 Å². The molecule has 0 aliphatic rings. The summed E-state index contributed by atoms with van der Waals surface area (Å²) in [4.78, 5) is 11.4. The maximum Gasteiger partial charge on any atom is 0.334 e. The van der Waals surface area contributed by atoms with E-state index < -0.39 is 12.1 Å². The highest BCUT2D eigenvalue weighted by molar-refractivity contribution is 5.74. The van der Waals surface area contributed by atoms with Crippen LogP contribution in [-0.4, -0.2) is 23.8 Å². The number of esters is 1. The summed E-state index contributed by atoms with van der Waals surface area (Å²) in [5.74, 6) is -0.445. The highest BCUT2D eigenvalue weighted by Gasteiger charge is 2.15. The van der Waals surface area contributed by atoms with E-state index in [1.165, 1.54) is 51.4 Å². The maximum absolute atomic E-state index is 11.4. The molecule has 0 saturated heterocycles. The lowest BCUT2D eigenvalue weighted by atomic mass is 10.0. The second-order valence-electron chi connectivity index (χ2n) is 6.01. The van der Waals surface area contributed by atoms with Crippen LogP contribution in [0, 0.1) is 0 Å². The van der Waals surface area contributed by atoms with Gasteiger partial charge in [0.1, 0.15) is 0 Å². The Morgan fingerprint density at radius 2 is 1.29 bits per heavy atom. The minimum Gasteiger partial charge on any atom is -0.464 e. The molecular weight excluding hydrogens is 264 g/mol. The highest BCUT2D eigenvalue weighted by Crippen LogP contribution is 2.12. The van der Waals surface area contributed by atoms with Gasteiger partial charge in [0, 0.05) is 0 Å². The molecule has 0 aromatic carbocycles. The summed E-state index contributed by atoms with van der Waals surface area (Å²) in [5, 5.41) is 9.67. The monoisotopic (exact) mass is 300 g/mol. The molecule has 1 N–H and O–H groups in total. The van der Waals surface area contributed by atoms with E-state index in [1.807, 2.05) is 6.92 Å². The molecule has 0 aliphatic carbocycles. The number of hydrogen-bond acceptors (Lipinski definition) is 3. The van der Waals surface area contributed by atoms with E-state index in [4.69, 9.17) is 4.74 Å². The summed E-state index contributed by atoms with van der Waals surface area (Å²) in [5.41, 5.74) is 0. The molecular formula is C18H36O3. The fourth-order valence-electron chi connectivity index (χ4n) is 2.36. The van der Waals surface area contributed by atoms with Crippen molar-refractivity contribution in [2.75, 3.05) is 6.61 Å². The van der Waals surface area contributed by atoms with Crippen LogP contribution in [0.2, 0.25) is 0 Å². The molecule has 0 spiro atoms. The van der Waals surface area contributed by atoms with Gasteiger partial charge >= 0.3 is 5.97 Å². The largest absolute Gasteiger partial charge is 0.464 e. The summed E-state index contributed by atoms with van der Waals surface area (Å²) in [6, 6.07) is 0. The Morgan fingerprint density at radius 1 is 0.810 bits per heavy atom. The normalized spacial score (nSPS) is 12.3. The van der Waals surface area contributed by atoms with Crippen molar-refractivity contribution in [2.24, 2.45) is 0 Å². The maximum atomic E-state index is 11.4. The van der Waals surface area contributed by atoms with Crippen LogP contribution in [0.3, 0.4) is 0 Å². The van der Waals surface area contributed by atoms with Crippen molar-refractivity contribution in [1.29, 1.82) is 0 Å². The van der Waals surface area contributed by atoms with Crippen LogP contribution in [0.4, 0.5) is 0 Å². The Kier molecular flexibility index (Phi) is 15.4. The van der Waals surface area contributed by atoms with Crippen molar-refractivity contribution in [1.82, 2.24) is 0 Å². The SMILES string of the molecule is CCCCCCCCCCCC[C@@H](O)C(=O)OCCCC. The van der Waals surface area contributed by atoms with Crippen LogP contribution >= 0.6 is 0 Å². The number of aliphatic hydroxyl groups excluding tert-OH is 1. The quantitative estimate of drug-likeness (QED) is 0.342. The lowest BCUT2D eigenvalue weighted by Crippen LogP contribution is -2.23. The van der Waals surface area contributed by atoms with Crippen molar-refractivity contribution in [3.05, 3.63) is 0 Å². The minimum absolute atomic E-state index is 0.435. The molecule has 0 radical (unpaired) electrons. The Morgan fingerprint density at radius 3 is 1.81 bits per heavy atom. The molecule has 3 heteroatoms. The van der Waals surface area contributed by atoms with Gasteiger partial charge in [-0.3, -0.25) is 0 Å². The molecule has 0 unspecified atom stereocenters. The van der Waals surface area contributed by atoms with Crippen molar-refractivity contribution < 1.29 is 14.6 Å². The molecule has 0 rings (SSSR count). The van der Waals surface area contributed by atoms with Crippen LogP contribution in [0.25, 0.3) is 0 Å². The average Bonchev–Trinajstić information content (AvgIpc) is 2.49. The predicted molar refractivity (Wildman–Crippen MR) is 88.3 cm³/mol. The molecule has 3 nitrogen and oxygen atoms in total. The predicted octanol–water partition coefficient (Wildman–Crippen LogP) is 5.00. The van der Waals surface area contributed by atoms with Gasteiger partial charge in [-0.15, -0.1) is 0 Å². The number of hydrogen-bond donors (Lipinski definition) is 1. The second-order valence-corrected chi connectivity index (χ2v) is 6.01. The molecule has 0 aromatic rings. The molecule has 0 fully saturated rings. The zero-order valence-corrected chi connectivity index (χ0v) is 14.2.